The maximum atomic E-state index is 13.3. The molecule has 0 bridgehead atoms. The first-order valence-corrected chi connectivity index (χ1v) is 13.0. The summed E-state index contributed by atoms with van der Waals surface area (Å²) in [5.41, 5.74) is 0.914. The number of nitro groups is 1. The van der Waals surface area contributed by atoms with Gasteiger partial charge in [-0.3, -0.25) is 14.9 Å². The Hall–Kier alpha value is -2.98. The quantitative estimate of drug-likeness (QED) is 0.475. The fraction of sp³-hybridized carbons (Fsp3) is 0.458. The molecule has 0 aromatic heterocycles. The lowest BCUT2D eigenvalue weighted by molar-refractivity contribution is -0.384. The fourth-order valence-electron chi connectivity index (χ4n) is 4.96. The molecule has 0 spiro atoms. The van der Waals surface area contributed by atoms with Gasteiger partial charge in [0.15, 0.2) is 0 Å². The van der Waals surface area contributed by atoms with Gasteiger partial charge in [-0.05, 0) is 42.5 Å². The third-order valence-corrected chi connectivity index (χ3v) is 8.37. The van der Waals surface area contributed by atoms with E-state index in [-0.39, 0.29) is 16.5 Å². The number of benzene rings is 2. The highest BCUT2D eigenvalue weighted by molar-refractivity contribution is 7.89. The van der Waals surface area contributed by atoms with Gasteiger partial charge in [-0.25, -0.2) is 8.42 Å². The van der Waals surface area contributed by atoms with Crippen molar-refractivity contribution in [2.24, 2.45) is 11.8 Å². The largest absolute Gasteiger partial charge is 0.362 e. The first-order chi connectivity index (χ1) is 16.2. The van der Waals surface area contributed by atoms with Crippen LogP contribution in [0.15, 0.2) is 53.4 Å². The van der Waals surface area contributed by atoms with E-state index in [4.69, 9.17) is 0 Å². The number of amides is 1. The summed E-state index contributed by atoms with van der Waals surface area (Å²) in [4.78, 5) is 27.8. The number of sulfonamides is 1. The van der Waals surface area contributed by atoms with Gasteiger partial charge >= 0.3 is 0 Å². The first kappa shape index (κ1) is 24.2. The minimum atomic E-state index is -3.68. The zero-order chi connectivity index (χ0) is 24.5. The molecular formula is C24H30N4O5S. The molecule has 0 N–H and O–H groups in total. The van der Waals surface area contributed by atoms with Crippen molar-refractivity contribution < 1.29 is 18.1 Å². The number of hydrogen-bond acceptors (Lipinski definition) is 6. The fourth-order valence-corrected chi connectivity index (χ4v) is 6.69. The van der Waals surface area contributed by atoms with Crippen LogP contribution in [0.25, 0.3) is 0 Å². The van der Waals surface area contributed by atoms with Gasteiger partial charge in [-0.2, -0.15) is 4.31 Å². The van der Waals surface area contributed by atoms with Gasteiger partial charge in [-0.1, -0.05) is 32.0 Å². The van der Waals surface area contributed by atoms with Crippen molar-refractivity contribution in [3.8, 4) is 0 Å². The molecule has 2 heterocycles. The van der Waals surface area contributed by atoms with Crippen LogP contribution < -0.4 is 4.90 Å². The molecule has 2 aliphatic heterocycles. The summed E-state index contributed by atoms with van der Waals surface area (Å²) >= 11 is 0. The third kappa shape index (κ3) is 4.92. The Bertz CT molecular complexity index is 1170. The van der Waals surface area contributed by atoms with Crippen molar-refractivity contribution >= 4 is 27.3 Å². The number of rotatable bonds is 5. The van der Waals surface area contributed by atoms with Crippen LogP contribution in [0.5, 0.6) is 0 Å². The highest BCUT2D eigenvalue weighted by atomic mass is 32.2. The molecule has 0 aliphatic carbocycles. The van der Waals surface area contributed by atoms with Gasteiger partial charge in [0.05, 0.1) is 9.82 Å². The molecule has 2 atom stereocenters. The lowest BCUT2D eigenvalue weighted by atomic mass is 9.94. The minimum Gasteiger partial charge on any atom is -0.362 e. The van der Waals surface area contributed by atoms with Crippen LogP contribution in [0.2, 0.25) is 0 Å². The van der Waals surface area contributed by atoms with Crippen LogP contribution in [0.3, 0.4) is 0 Å². The Morgan fingerprint density at radius 3 is 2.26 bits per heavy atom. The van der Waals surface area contributed by atoms with Crippen molar-refractivity contribution in [3.05, 3.63) is 64.2 Å². The predicted octanol–water partition coefficient (Wildman–Crippen LogP) is 3.22. The van der Waals surface area contributed by atoms with Crippen LogP contribution >= 0.6 is 0 Å². The van der Waals surface area contributed by atoms with Crippen molar-refractivity contribution in [2.45, 2.75) is 25.2 Å². The van der Waals surface area contributed by atoms with Gasteiger partial charge in [0.2, 0.25) is 10.0 Å². The predicted molar refractivity (Wildman–Crippen MR) is 129 cm³/mol. The number of anilines is 1. The summed E-state index contributed by atoms with van der Waals surface area (Å²) in [7, 11) is -3.68. The molecule has 2 aliphatic rings. The molecule has 10 heteroatoms. The van der Waals surface area contributed by atoms with Crippen LogP contribution in [0.4, 0.5) is 11.4 Å². The number of piperidine rings is 1. The molecule has 34 heavy (non-hydrogen) atoms. The average molecular weight is 487 g/mol. The normalized spacial score (nSPS) is 21.9. The van der Waals surface area contributed by atoms with E-state index in [9.17, 15) is 23.3 Å². The molecular weight excluding hydrogens is 456 g/mol. The van der Waals surface area contributed by atoms with Crippen LogP contribution in [-0.2, 0) is 10.0 Å². The molecule has 182 valence electrons. The number of nitro benzene ring substituents is 1. The Kier molecular flexibility index (Phi) is 6.90. The molecule has 0 saturated carbocycles. The number of hydrogen-bond donors (Lipinski definition) is 0. The molecule has 2 fully saturated rings. The second kappa shape index (κ2) is 9.71. The maximum Gasteiger partial charge on any atom is 0.292 e. The molecule has 9 nitrogen and oxygen atoms in total. The van der Waals surface area contributed by atoms with Gasteiger partial charge in [-0.15, -0.1) is 0 Å². The molecule has 4 rings (SSSR count). The third-order valence-electron chi connectivity index (χ3n) is 6.54. The van der Waals surface area contributed by atoms with E-state index in [2.05, 4.69) is 13.8 Å². The SMILES string of the molecule is CC1CC(C)CN(S(=O)(=O)c2cccc(C(=O)N3CCN(c4ccccc4[N+](=O)[O-])CC3)c2)C1. The van der Waals surface area contributed by atoms with E-state index in [1.807, 2.05) is 4.90 Å². The van der Waals surface area contributed by atoms with Gasteiger partial charge in [0, 0.05) is 50.9 Å². The first-order valence-electron chi connectivity index (χ1n) is 11.5. The molecule has 2 aromatic carbocycles. The van der Waals surface area contributed by atoms with E-state index in [0.717, 1.165) is 6.42 Å². The van der Waals surface area contributed by atoms with E-state index < -0.39 is 14.9 Å². The lowest BCUT2D eigenvalue weighted by Gasteiger charge is -2.36. The Morgan fingerprint density at radius 1 is 0.971 bits per heavy atom. The standard InChI is InChI=1S/C24H30N4O5S/c1-18-14-19(2)17-27(16-18)34(32,33)21-7-5-6-20(15-21)24(29)26-12-10-25(11-13-26)22-8-3-4-9-23(22)28(30)31/h3-9,15,18-19H,10-14,16-17H2,1-2H3. The van der Waals surface area contributed by atoms with E-state index in [1.165, 1.54) is 16.4 Å². The Balaban J connectivity index is 1.47. The zero-order valence-electron chi connectivity index (χ0n) is 19.5. The summed E-state index contributed by atoms with van der Waals surface area (Å²) in [5, 5.41) is 11.3. The average Bonchev–Trinajstić information content (AvgIpc) is 2.83. The highest BCUT2D eigenvalue weighted by Crippen LogP contribution is 2.29. The van der Waals surface area contributed by atoms with E-state index in [1.54, 1.807) is 41.3 Å². The van der Waals surface area contributed by atoms with Crippen LogP contribution in [0, 0.1) is 22.0 Å². The number of carbonyl (C=O) groups is 1. The second-order valence-electron chi connectivity index (χ2n) is 9.32. The number of nitrogens with zero attached hydrogens (tertiary/aromatic N) is 4. The van der Waals surface area contributed by atoms with Crippen molar-refractivity contribution in [3.63, 3.8) is 0 Å². The van der Waals surface area contributed by atoms with E-state index >= 15 is 0 Å². The highest BCUT2D eigenvalue weighted by Gasteiger charge is 2.32. The van der Waals surface area contributed by atoms with Gasteiger partial charge < -0.3 is 9.80 Å². The zero-order valence-corrected chi connectivity index (χ0v) is 20.3. The molecule has 1 amide bonds. The maximum absolute atomic E-state index is 13.3. The Labute approximate surface area is 200 Å². The topological polar surface area (TPSA) is 104 Å². The minimum absolute atomic E-state index is 0.0431. The number of piperazine rings is 1. The lowest BCUT2D eigenvalue weighted by Crippen LogP contribution is -2.49. The molecule has 2 aromatic rings. The Morgan fingerprint density at radius 2 is 1.62 bits per heavy atom. The smallest absolute Gasteiger partial charge is 0.292 e. The number of carbonyl (C=O) groups excluding carboxylic acids is 1. The summed E-state index contributed by atoms with van der Waals surface area (Å²) in [6.07, 6.45) is 1.00. The van der Waals surface area contributed by atoms with Crippen LogP contribution in [0.1, 0.15) is 30.6 Å². The second-order valence-corrected chi connectivity index (χ2v) is 11.3. The number of para-hydroxylation sites is 2. The molecule has 2 saturated heterocycles. The van der Waals surface area contributed by atoms with Crippen molar-refractivity contribution in [1.82, 2.24) is 9.21 Å². The summed E-state index contributed by atoms with van der Waals surface area (Å²) in [6.45, 7) is 6.78. The van der Waals surface area contributed by atoms with Crippen molar-refractivity contribution in [1.29, 1.82) is 0 Å². The van der Waals surface area contributed by atoms with Crippen LogP contribution in [-0.4, -0.2) is 67.7 Å². The summed E-state index contributed by atoms with van der Waals surface area (Å²) < 4.78 is 28.0. The summed E-state index contributed by atoms with van der Waals surface area (Å²) in [6, 6.07) is 12.8. The summed E-state index contributed by atoms with van der Waals surface area (Å²) in [5.74, 6) is 0.347. The van der Waals surface area contributed by atoms with Crippen molar-refractivity contribution in [2.75, 3.05) is 44.2 Å². The van der Waals surface area contributed by atoms with Gasteiger partial charge in [0.1, 0.15) is 5.69 Å². The van der Waals surface area contributed by atoms with E-state index in [0.29, 0.717) is 62.4 Å². The monoisotopic (exact) mass is 486 g/mol. The molecule has 0 radical (unpaired) electrons. The molecule has 2 unspecified atom stereocenters. The van der Waals surface area contributed by atoms with Gasteiger partial charge in [0.25, 0.3) is 11.6 Å².